The minimum absolute atomic E-state index is 0.0120. The van der Waals surface area contributed by atoms with Crippen molar-refractivity contribution in [2.45, 2.75) is 39.7 Å². The van der Waals surface area contributed by atoms with E-state index in [4.69, 9.17) is 0 Å². The number of hydrogen-bond acceptors (Lipinski definition) is 3. The van der Waals surface area contributed by atoms with Crippen molar-refractivity contribution in [1.29, 1.82) is 0 Å². The molecule has 0 spiro atoms. The number of nitrogens with one attached hydrogen (secondary N) is 3. The summed E-state index contributed by atoms with van der Waals surface area (Å²) in [4.78, 5) is 23.8. The van der Waals surface area contributed by atoms with Gasteiger partial charge in [0.2, 0.25) is 11.8 Å². The lowest BCUT2D eigenvalue weighted by molar-refractivity contribution is -0.118. The van der Waals surface area contributed by atoms with Crippen molar-refractivity contribution in [3.63, 3.8) is 0 Å². The van der Waals surface area contributed by atoms with E-state index in [-0.39, 0.29) is 17.9 Å². The smallest absolute Gasteiger partial charge is 0.241 e. The van der Waals surface area contributed by atoms with Gasteiger partial charge >= 0.3 is 0 Å². The van der Waals surface area contributed by atoms with E-state index < -0.39 is 0 Å². The molecule has 1 aliphatic rings. The van der Waals surface area contributed by atoms with E-state index in [1.165, 1.54) is 0 Å². The number of hydrogen-bond donors (Lipinski definition) is 3. The van der Waals surface area contributed by atoms with Crippen LogP contribution in [0.4, 0.5) is 11.4 Å². The Hall–Kier alpha value is -1.88. The number of carbonyl (C=O) groups is 2. The summed E-state index contributed by atoms with van der Waals surface area (Å²) < 4.78 is 0. The van der Waals surface area contributed by atoms with Crippen LogP contribution in [-0.4, -0.2) is 24.4 Å². The average Bonchev–Trinajstić information content (AvgIpc) is 2.89. The summed E-state index contributed by atoms with van der Waals surface area (Å²) in [5.74, 6) is 0.294. The van der Waals surface area contributed by atoms with Gasteiger partial charge in [-0.25, -0.2) is 0 Å². The molecule has 0 aliphatic carbocycles. The summed E-state index contributed by atoms with van der Waals surface area (Å²) in [5, 5.41) is 9.03. The summed E-state index contributed by atoms with van der Waals surface area (Å²) in [5.41, 5.74) is 2.36. The van der Waals surface area contributed by atoms with Gasteiger partial charge in [-0.2, -0.15) is 0 Å². The molecule has 0 radical (unpaired) electrons. The molecular weight excluding hydrogens is 266 g/mol. The molecule has 5 nitrogen and oxygen atoms in total. The third-order valence-electron chi connectivity index (χ3n) is 4.00. The van der Waals surface area contributed by atoms with Crippen molar-refractivity contribution in [3.05, 3.63) is 23.8 Å². The van der Waals surface area contributed by atoms with Gasteiger partial charge in [0.05, 0.1) is 6.04 Å². The van der Waals surface area contributed by atoms with Crippen LogP contribution in [0.2, 0.25) is 0 Å². The highest BCUT2D eigenvalue weighted by molar-refractivity contribution is 5.98. The Bertz CT molecular complexity index is 542. The Kier molecular flexibility index (Phi) is 4.96. The van der Waals surface area contributed by atoms with Gasteiger partial charge in [-0.15, -0.1) is 0 Å². The van der Waals surface area contributed by atoms with Gasteiger partial charge in [0.15, 0.2) is 0 Å². The second kappa shape index (κ2) is 6.72. The molecule has 1 aromatic carbocycles. The molecule has 1 aliphatic heterocycles. The molecule has 1 heterocycles. The van der Waals surface area contributed by atoms with E-state index in [2.05, 4.69) is 22.9 Å². The number of anilines is 2. The normalized spacial score (nSPS) is 21.1. The molecule has 2 amide bonds. The average molecular weight is 289 g/mol. The van der Waals surface area contributed by atoms with Crippen molar-refractivity contribution in [2.24, 2.45) is 5.92 Å². The lowest BCUT2D eigenvalue weighted by atomic mass is 10.0. The fourth-order valence-corrected chi connectivity index (χ4v) is 2.54. The molecule has 114 valence electrons. The first-order valence-electron chi connectivity index (χ1n) is 7.46. The zero-order valence-corrected chi connectivity index (χ0v) is 12.8. The van der Waals surface area contributed by atoms with Gasteiger partial charge in [-0.3, -0.25) is 9.59 Å². The molecular formula is C16H23N3O2. The van der Waals surface area contributed by atoms with Crippen molar-refractivity contribution >= 4 is 23.2 Å². The van der Waals surface area contributed by atoms with Gasteiger partial charge < -0.3 is 16.0 Å². The minimum Gasteiger partial charge on any atom is -0.326 e. The molecule has 1 saturated heterocycles. The van der Waals surface area contributed by atoms with Gasteiger partial charge in [-0.1, -0.05) is 19.9 Å². The summed E-state index contributed by atoms with van der Waals surface area (Å²) in [6, 6.07) is 5.39. The molecule has 0 saturated carbocycles. The highest BCUT2D eigenvalue weighted by atomic mass is 16.2. The maximum atomic E-state index is 12.3. The fourth-order valence-electron chi connectivity index (χ4n) is 2.54. The molecule has 0 aromatic heterocycles. The van der Waals surface area contributed by atoms with Gasteiger partial charge in [0, 0.05) is 17.8 Å². The predicted molar refractivity (Wildman–Crippen MR) is 84.3 cm³/mol. The molecule has 2 unspecified atom stereocenters. The summed E-state index contributed by atoms with van der Waals surface area (Å²) in [6.45, 7) is 6.66. The Morgan fingerprint density at radius 2 is 1.95 bits per heavy atom. The van der Waals surface area contributed by atoms with Crippen molar-refractivity contribution in [3.8, 4) is 0 Å². The topological polar surface area (TPSA) is 70.2 Å². The maximum Gasteiger partial charge on any atom is 0.241 e. The predicted octanol–water partition coefficient (Wildman–Crippen LogP) is 2.28. The lowest BCUT2D eigenvalue weighted by Gasteiger charge is -2.18. The van der Waals surface area contributed by atoms with Crippen LogP contribution in [-0.2, 0) is 9.59 Å². The highest BCUT2D eigenvalue weighted by Crippen LogP contribution is 2.24. The van der Waals surface area contributed by atoms with Crippen LogP contribution < -0.4 is 16.0 Å². The Morgan fingerprint density at radius 3 is 2.52 bits per heavy atom. The minimum atomic E-state index is -0.140. The first kappa shape index (κ1) is 15.5. The Balaban J connectivity index is 2.11. The molecule has 21 heavy (non-hydrogen) atoms. The monoisotopic (exact) mass is 289 g/mol. The van der Waals surface area contributed by atoms with E-state index >= 15 is 0 Å². The quantitative estimate of drug-likeness (QED) is 0.796. The summed E-state index contributed by atoms with van der Waals surface area (Å²) in [7, 11) is 0. The molecule has 3 N–H and O–H groups in total. The van der Waals surface area contributed by atoms with Crippen LogP contribution in [0.25, 0.3) is 0 Å². The van der Waals surface area contributed by atoms with E-state index in [0.29, 0.717) is 12.3 Å². The molecule has 0 bridgehead atoms. The van der Waals surface area contributed by atoms with E-state index in [0.717, 1.165) is 29.9 Å². The third-order valence-corrected chi connectivity index (χ3v) is 4.00. The zero-order valence-electron chi connectivity index (χ0n) is 12.8. The van der Waals surface area contributed by atoms with Crippen molar-refractivity contribution < 1.29 is 9.59 Å². The number of carbonyl (C=O) groups excluding carboxylic acids is 2. The second-order valence-corrected chi connectivity index (χ2v) is 5.57. The standard InChI is InChI=1S/C16H23N3O2/c1-4-14(20)18-12-6-5-7-13(11(12)3)19-16(21)15-10(2)8-9-17-15/h5-7,10,15,17H,4,8-9H2,1-3H3,(H,18,20)(H,19,21). The molecule has 2 rings (SSSR count). The van der Waals surface area contributed by atoms with Crippen LogP contribution >= 0.6 is 0 Å². The number of benzene rings is 1. The maximum absolute atomic E-state index is 12.3. The number of rotatable bonds is 4. The third kappa shape index (κ3) is 3.61. The first-order valence-corrected chi connectivity index (χ1v) is 7.46. The van der Waals surface area contributed by atoms with E-state index in [9.17, 15) is 9.59 Å². The van der Waals surface area contributed by atoms with Crippen LogP contribution in [0.15, 0.2) is 18.2 Å². The second-order valence-electron chi connectivity index (χ2n) is 5.57. The largest absolute Gasteiger partial charge is 0.326 e. The fraction of sp³-hybridized carbons (Fsp3) is 0.500. The highest BCUT2D eigenvalue weighted by Gasteiger charge is 2.29. The van der Waals surface area contributed by atoms with Crippen LogP contribution in [0.5, 0.6) is 0 Å². The van der Waals surface area contributed by atoms with Gasteiger partial charge in [0.25, 0.3) is 0 Å². The van der Waals surface area contributed by atoms with Crippen LogP contribution in [0.1, 0.15) is 32.3 Å². The number of amides is 2. The summed E-state index contributed by atoms with van der Waals surface area (Å²) >= 11 is 0. The molecule has 2 atom stereocenters. The molecule has 1 fully saturated rings. The SMILES string of the molecule is CCC(=O)Nc1cccc(NC(=O)C2NCCC2C)c1C. The van der Waals surface area contributed by atoms with Crippen molar-refractivity contribution in [2.75, 3.05) is 17.2 Å². The van der Waals surface area contributed by atoms with Gasteiger partial charge in [-0.05, 0) is 43.5 Å². The van der Waals surface area contributed by atoms with E-state index in [1.807, 2.05) is 32.0 Å². The lowest BCUT2D eigenvalue weighted by Crippen LogP contribution is -2.39. The first-order chi connectivity index (χ1) is 10.0. The van der Waals surface area contributed by atoms with Crippen molar-refractivity contribution in [1.82, 2.24) is 5.32 Å². The molecule has 1 aromatic rings. The Morgan fingerprint density at radius 1 is 1.29 bits per heavy atom. The zero-order chi connectivity index (χ0) is 15.4. The van der Waals surface area contributed by atoms with Gasteiger partial charge in [0.1, 0.15) is 0 Å². The van der Waals surface area contributed by atoms with E-state index in [1.54, 1.807) is 0 Å². The van der Waals surface area contributed by atoms with Crippen LogP contribution in [0, 0.1) is 12.8 Å². The van der Waals surface area contributed by atoms with Crippen LogP contribution in [0.3, 0.4) is 0 Å². The molecule has 5 heteroatoms. The Labute approximate surface area is 125 Å². The summed E-state index contributed by atoms with van der Waals surface area (Å²) in [6.07, 6.45) is 1.45.